The quantitative estimate of drug-likeness (QED) is 0.414. The molecule has 0 saturated heterocycles. The van der Waals surface area contributed by atoms with Crippen LogP contribution in [0.2, 0.25) is 0 Å². The minimum absolute atomic E-state index is 0.120. The first-order chi connectivity index (χ1) is 10.5. The third-order valence-corrected chi connectivity index (χ3v) is 7.91. The van der Waals surface area contributed by atoms with Crippen molar-refractivity contribution in [2.24, 2.45) is 39.7 Å². The molecule has 0 bridgehead atoms. The molecule has 0 aromatic rings. The van der Waals surface area contributed by atoms with E-state index in [1.807, 2.05) is 0 Å². The molecule has 0 heterocycles. The van der Waals surface area contributed by atoms with Crippen molar-refractivity contribution < 1.29 is 10.0 Å². The second-order valence-electron chi connectivity index (χ2n) is 8.60. The number of carbonyl (C=O) groups is 1. The molecular formula is C19H27NO2. The molecule has 0 aromatic heterocycles. The number of ketones is 1. The zero-order chi connectivity index (χ0) is 15.5. The number of oxime groups is 1. The summed E-state index contributed by atoms with van der Waals surface area (Å²) in [6, 6.07) is 0. The molecule has 3 fully saturated rings. The molecule has 0 aliphatic heterocycles. The van der Waals surface area contributed by atoms with Gasteiger partial charge in [-0.25, -0.2) is 0 Å². The molecule has 4 aliphatic carbocycles. The van der Waals surface area contributed by atoms with E-state index in [9.17, 15) is 10.0 Å². The Morgan fingerprint density at radius 1 is 1.18 bits per heavy atom. The third-order valence-electron chi connectivity index (χ3n) is 7.91. The average Bonchev–Trinajstić information content (AvgIpc) is 2.78. The van der Waals surface area contributed by atoms with Gasteiger partial charge in [-0.1, -0.05) is 31.2 Å². The molecule has 0 aromatic carbocycles. The molecule has 6 atom stereocenters. The van der Waals surface area contributed by atoms with Crippen LogP contribution < -0.4 is 0 Å². The van der Waals surface area contributed by atoms with Crippen molar-refractivity contribution >= 4 is 11.5 Å². The van der Waals surface area contributed by atoms with E-state index >= 15 is 0 Å². The summed E-state index contributed by atoms with van der Waals surface area (Å²) in [5.41, 5.74) is 0.585. The molecule has 4 rings (SSSR count). The van der Waals surface area contributed by atoms with Gasteiger partial charge in [0.15, 0.2) is 5.78 Å². The van der Waals surface area contributed by atoms with E-state index in [4.69, 9.17) is 0 Å². The van der Waals surface area contributed by atoms with Gasteiger partial charge in [0.1, 0.15) is 5.71 Å². The molecule has 120 valence electrons. The van der Waals surface area contributed by atoms with Crippen molar-refractivity contribution in [1.29, 1.82) is 0 Å². The fraction of sp³-hybridized carbons (Fsp3) is 0.789. The van der Waals surface area contributed by atoms with E-state index in [0.717, 1.165) is 18.3 Å². The van der Waals surface area contributed by atoms with Gasteiger partial charge < -0.3 is 5.21 Å². The molecule has 4 aliphatic rings. The monoisotopic (exact) mass is 301 g/mol. The van der Waals surface area contributed by atoms with Crippen LogP contribution in [-0.2, 0) is 4.79 Å². The van der Waals surface area contributed by atoms with Crippen LogP contribution in [0.4, 0.5) is 0 Å². The van der Waals surface area contributed by atoms with Crippen LogP contribution in [0.15, 0.2) is 17.3 Å². The molecule has 3 heteroatoms. The van der Waals surface area contributed by atoms with E-state index in [2.05, 4.69) is 31.2 Å². The predicted octanol–water partition coefficient (Wildman–Crippen LogP) is 4.20. The maximum Gasteiger partial charge on any atom is 0.186 e. The smallest absolute Gasteiger partial charge is 0.186 e. The van der Waals surface area contributed by atoms with Gasteiger partial charge in [-0.3, -0.25) is 4.79 Å². The first-order valence-corrected chi connectivity index (χ1v) is 8.91. The highest BCUT2D eigenvalue weighted by molar-refractivity contribution is 6.43. The topological polar surface area (TPSA) is 49.7 Å². The van der Waals surface area contributed by atoms with Crippen molar-refractivity contribution in [3.63, 3.8) is 0 Å². The van der Waals surface area contributed by atoms with Gasteiger partial charge in [-0.15, -0.1) is 0 Å². The van der Waals surface area contributed by atoms with Gasteiger partial charge >= 0.3 is 0 Å². The third kappa shape index (κ3) is 1.68. The van der Waals surface area contributed by atoms with E-state index in [1.165, 1.54) is 32.1 Å². The van der Waals surface area contributed by atoms with E-state index < -0.39 is 0 Å². The average molecular weight is 301 g/mol. The van der Waals surface area contributed by atoms with Crippen LogP contribution in [0, 0.1) is 34.5 Å². The van der Waals surface area contributed by atoms with Gasteiger partial charge in [0.05, 0.1) is 0 Å². The molecule has 0 amide bonds. The summed E-state index contributed by atoms with van der Waals surface area (Å²) < 4.78 is 0. The van der Waals surface area contributed by atoms with Crippen molar-refractivity contribution in [2.45, 2.75) is 58.8 Å². The Bertz CT molecular complexity index is 566. The number of Topliss-reactive ketones (excluding diaryl/α,β-unsaturated/α-hetero) is 1. The van der Waals surface area contributed by atoms with Gasteiger partial charge in [-0.2, -0.15) is 0 Å². The summed E-state index contributed by atoms with van der Waals surface area (Å²) in [6.45, 7) is 4.63. The number of rotatable bonds is 0. The normalized spacial score (nSPS) is 52.3. The zero-order valence-corrected chi connectivity index (χ0v) is 13.7. The number of allylic oxidation sites excluding steroid dienone is 2. The molecular weight excluding hydrogens is 274 g/mol. The number of hydrogen-bond acceptors (Lipinski definition) is 3. The van der Waals surface area contributed by atoms with Crippen LogP contribution in [0.25, 0.3) is 0 Å². The van der Waals surface area contributed by atoms with E-state index in [0.29, 0.717) is 29.4 Å². The highest BCUT2D eigenvalue weighted by atomic mass is 16.4. The highest BCUT2D eigenvalue weighted by Gasteiger charge is 2.61. The van der Waals surface area contributed by atoms with Crippen LogP contribution >= 0.6 is 0 Å². The molecule has 1 N–H and O–H groups in total. The number of nitrogens with zero attached hydrogens (tertiary/aromatic N) is 1. The van der Waals surface area contributed by atoms with Crippen LogP contribution in [-0.4, -0.2) is 16.7 Å². The largest absolute Gasteiger partial charge is 0.411 e. The fourth-order valence-corrected chi connectivity index (χ4v) is 6.53. The predicted molar refractivity (Wildman–Crippen MR) is 85.9 cm³/mol. The Hall–Kier alpha value is -1.12. The summed E-state index contributed by atoms with van der Waals surface area (Å²) in [6.07, 6.45) is 12.6. The summed E-state index contributed by atoms with van der Waals surface area (Å²) in [5, 5.41) is 12.5. The van der Waals surface area contributed by atoms with Gasteiger partial charge in [0.2, 0.25) is 0 Å². The first-order valence-electron chi connectivity index (χ1n) is 8.91. The maximum absolute atomic E-state index is 12.6. The van der Waals surface area contributed by atoms with Gasteiger partial charge in [0, 0.05) is 11.8 Å². The molecule has 22 heavy (non-hydrogen) atoms. The first kappa shape index (κ1) is 14.5. The second-order valence-corrected chi connectivity index (χ2v) is 8.60. The summed E-state index contributed by atoms with van der Waals surface area (Å²) >= 11 is 0. The SMILES string of the molecule is C[C@]12CC=CC[C@@H]1CC[C@H]1[C@H]2CC[C@@]2(C)C(=O)/C(=N\O)C[C@@H]12. The minimum Gasteiger partial charge on any atom is -0.411 e. The van der Waals surface area contributed by atoms with Crippen LogP contribution in [0.3, 0.4) is 0 Å². The number of hydrogen-bond donors (Lipinski definition) is 1. The van der Waals surface area contributed by atoms with Crippen molar-refractivity contribution in [3.8, 4) is 0 Å². The summed E-state index contributed by atoms with van der Waals surface area (Å²) in [5.74, 6) is 2.71. The van der Waals surface area contributed by atoms with Gasteiger partial charge in [0.25, 0.3) is 0 Å². The van der Waals surface area contributed by atoms with E-state index in [1.54, 1.807) is 0 Å². The molecule has 3 saturated carbocycles. The summed E-state index contributed by atoms with van der Waals surface area (Å²) in [7, 11) is 0. The fourth-order valence-electron chi connectivity index (χ4n) is 6.53. The molecule has 3 nitrogen and oxygen atoms in total. The number of fused-ring (bicyclic) bond motifs is 5. The van der Waals surface area contributed by atoms with Crippen molar-refractivity contribution in [2.75, 3.05) is 0 Å². The second kappa shape index (κ2) is 4.69. The Balaban J connectivity index is 1.70. The van der Waals surface area contributed by atoms with Crippen LogP contribution in [0.5, 0.6) is 0 Å². The standard InChI is InChI=1S/C19H27NO2/c1-18-9-4-3-5-12(18)6-7-13-14(18)8-10-19(2)15(13)11-16(20-22)17(19)21/h3-4,12-15,22H,5-11H2,1-2H3/b20-16-/t12-,13+,14-,15+,18+,19-/m1/s1. The van der Waals surface area contributed by atoms with Gasteiger partial charge in [-0.05, 0) is 67.6 Å². The van der Waals surface area contributed by atoms with Crippen molar-refractivity contribution in [3.05, 3.63) is 12.2 Å². The lowest BCUT2D eigenvalue weighted by molar-refractivity contribution is -0.133. The Labute approximate surface area is 132 Å². The molecule has 0 unspecified atom stereocenters. The lowest BCUT2D eigenvalue weighted by Crippen LogP contribution is -2.52. The lowest BCUT2D eigenvalue weighted by atomic mass is 9.46. The summed E-state index contributed by atoms with van der Waals surface area (Å²) in [4.78, 5) is 12.6. The van der Waals surface area contributed by atoms with E-state index in [-0.39, 0.29) is 11.2 Å². The molecule has 0 spiro atoms. The minimum atomic E-state index is -0.267. The Morgan fingerprint density at radius 3 is 2.77 bits per heavy atom. The highest BCUT2D eigenvalue weighted by Crippen LogP contribution is 2.64. The Morgan fingerprint density at radius 2 is 2.00 bits per heavy atom. The van der Waals surface area contributed by atoms with Crippen LogP contribution in [0.1, 0.15) is 58.8 Å². The number of carbonyl (C=O) groups excluding carboxylic acids is 1. The lowest BCUT2D eigenvalue weighted by Gasteiger charge is -2.58. The molecule has 0 radical (unpaired) electrons. The van der Waals surface area contributed by atoms with Crippen molar-refractivity contribution in [1.82, 2.24) is 0 Å². The Kier molecular flexibility index (Phi) is 3.08. The zero-order valence-electron chi connectivity index (χ0n) is 13.7. The maximum atomic E-state index is 12.6.